The van der Waals surface area contributed by atoms with Gasteiger partial charge in [-0.1, -0.05) is 24.3 Å². The van der Waals surface area contributed by atoms with Crippen molar-refractivity contribution >= 4 is 23.3 Å². The number of fused-ring (bicyclic) bond motifs is 2. The van der Waals surface area contributed by atoms with Crippen LogP contribution in [0.2, 0.25) is 0 Å². The lowest BCUT2D eigenvalue weighted by atomic mass is 9.83. The first-order valence-electron chi connectivity index (χ1n) is 9.95. The lowest BCUT2D eigenvalue weighted by Crippen LogP contribution is -2.45. The average molecular weight is 472 g/mol. The summed E-state index contributed by atoms with van der Waals surface area (Å²) in [6.45, 7) is 3.01. The third kappa shape index (κ3) is 5.84. The minimum atomic E-state index is -5.08. The zero-order chi connectivity index (χ0) is 23.4. The number of thiazole rings is 1. The Morgan fingerprint density at radius 2 is 1.88 bits per heavy atom. The summed E-state index contributed by atoms with van der Waals surface area (Å²) in [6, 6.07) is 8.47. The number of nitrogens with zero attached hydrogens (tertiary/aromatic N) is 2. The average Bonchev–Trinajstić information content (AvgIpc) is 3.38. The maximum atomic E-state index is 11.6. The van der Waals surface area contributed by atoms with E-state index >= 15 is 0 Å². The lowest BCUT2D eigenvalue weighted by Gasteiger charge is -2.40. The van der Waals surface area contributed by atoms with Gasteiger partial charge in [0.1, 0.15) is 0 Å². The first-order valence-corrected chi connectivity index (χ1v) is 10.9. The summed E-state index contributed by atoms with van der Waals surface area (Å²) in [5.74, 6) is -3.91. The molecule has 7 nitrogen and oxygen atoms in total. The van der Waals surface area contributed by atoms with Gasteiger partial charge in [0.2, 0.25) is 0 Å². The summed E-state index contributed by atoms with van der Waals surface area (Å²) >= 11 is 1.51. The molecule has 2 aliphatic heterocycles. The predicted molar refractivity (Wildman–Crippen MR) is 109 cm³/mol. The number of ether oxygens (including phenoxy) is 1. The Labute approximate surface area is 186 Å². The third-order valence-electron chi connectivity index (χ3n) is 5.69. The maximum absolute atomic E-state index is 11.6. The van der Waals surface area contributed by atoms with Crippen LogP contribution in [-0.4, -0.2) is 57.8 Å². The van der Waals surface area contributed by atoms with E-state index in [9.17, 15) is 23.1 Å². The molecule has 1 aromatic carbocycles. The van der Waals surface area contributed by atoms with Crippen LogP contribution >= 0.6 is 11.3 Å². The number of piperidine rings is 1. The van der Waals surface area contributed by atoms with Crippen LogP contribution in [0.15, 0.2) is 35.2 Å². The van der Waals surface area contributed by atoms with Crippen molar-refractivity contribution in [3.05, 3.63) is 52.0 Å². The zero-order valence-electron chi connectivity index (χ0n) is 17.0. The number of aromatic nitrogens is 1. The molecule has 3 heterocycles. The summed E-state index contributed by atoms with van der Waals surface area (Å²) in [4.78, 5) is 27.0. The quantitative estimate of drug-likeness (QED) is 0.687. The number of hydrogen-bond acceptors (Lipinski definition) is 6. The molecule has 1 saturated heterocycles. The number of alkyl halides is 3. The molecule has 0 aliphatic carbocycles. The highest BCUT2D eigenvalue weighted by atomic mass is 32.1. The van der Waals surface area contributed by atoms with Gasteiger partial charge < -0.3 is 19.8 Å². The maximum Gasteiger partial charge on any atom is 0.490 e. The fourth-order valence-electron chi connectivity index (χ4n) is 4.03. The Bertz CT molecular complexity index is 928. The molecule has 32 heavy (non-hydrogen) atoms. The van der Waals surface area contributed by atoms with Crippen molar-refractivity contribution in [2.45, 2.75) is 37.6 Å². The standard InChI is InChI=1S/C19H22N2O3S.C2HF3O2/c22-18(23)15(9-16-12-25-13-20-16)10-21-7-5-19(6-8-21)17-4-2-1-3-14(17)11-24-19;3-2(4,5)1(6)7/h1-4,12-13,15H,5-11H2,(H,22,23);(H,6,7). The van der Waals surface area contributed by atoms with E-state index in [1.54, 1.807) is 5.51 Å². The molecule has 4 rings (SSSR count). The van der Waals surface area contributed by atoms with E-state index in [0.717, 1.165) is 31.6 Å². The summed E-state index contributed by atoms with van der Waals surface area (Å²) < 4.78 is 37.9. The number of likely N-dealkylation sites (tertiary alicyclic amines) is 1. The number of rotatable bonds is 5. The minimum absolute atomic E-state index is 0.166. The number of carbonyl (C=O) groups is 2. The first-order chi connectivity index (χ1) is 15.1. The van der Waals surface area contributed by atoms with Gasteiger partial charge in [0.25, 0.3) is 0 Å². The molecule has 1 aromatic heterocycles. The van der Waals surface area contributed by atoms with Crippen LogP contribution in [0, 0.1) is 5.92 Å². The number of hydrogen-bond donors (Lipinski definition) is 2. The van der Waals surface area contributed by atoms with Gasteiger partial charge in [0.15, 0.2) is 0 Å². The van der Waals surface area contributed by atoms with Gasteiger partial charge >= 0.3 is 18.1 Å². The largest absolute Gasteiger partial charge is 0.490 e. The van der Waals surface area contributed by atoms with Crippen LogP contribution in [0.3, 0.4) is 0 Å². The van der Waals surface area contributed by atoms with Gasteiger partial charge in [0.05, 0.1) is 29.3 Å². The van der Waals surface area contributed by atoms with E-state index in [-0.39, 0.29) is 5.60 Å². The highest BCUT2D eigenvalue weighted by molar-refractivity contribution is 7.07. The highest BCUT2D eigenvalue weighted by Gasteiger charge is 2.42. The molecule has 0 saturated carbocycles. The summed E-state index contributed by atoms with van der Waals surface area (Å²) in [5, 5.41) is 18.6. The molecule has 0 amide bonds. The van der Waals surface area contributed by atoms with Crippen LogP contribution in [0.4, 0.5) is 13.2 Å². The Hall–Kier alpha value is -2.50. The van der Waals surface area contributed by atoms with Crippen molar-refractivity contribution in [3.8, 4) is 0 Å². The summed E-state index contributed by atoms with van der Waals surface area (Å²) in [5.41, 5.74) is 5.09. The van der Waals surface area contributed by atoms with Crippen molar-refractivity contribution in [3.63, 3.8) is 0 Å². The Kier molecular flexibility index (Phi) is 7.52. The molecule has 0 radical (unpaired) electrons. The van der Waals surface area contributed by atoms with Crippen LogP contribution < -0.4 is 0 Å². The normalized spacial score (nSPS) is 18.5. The van der Waals surface area contributed by atoms with E-state index in [1.807, 2.05) is 5.38 Å². The van der Waals surface area contributed by atoms with Crippen LogP contribution in [-0.2, 0) is 33.0 Å². The second-order valence-corrected chi connectivity index (χ2v) is 8.48. The fourth-order valence-corrected chi connectivity index (χ4v) is 4.60. The Balaban J connectivity index is 0.000000360. The minimum Gasteiger partial charge on any atom is -0.481 e. The van der Waals surface area contributed by atoms with Gasteiger partial charge in [0, 0.05) is 31.4 Å². The van der Waals surface area contributed by atoms with E-state index in [0.29, 0.717) is 19.6 Å². The number of benzene rings is 1. The third-order valence-corrected chi connectivity index (χ3v) is 6.32. The number of aliphatic carboxylic acids is 2. The smallest absolute Gasteiger partial charge is 0.481 e. The molecule has 2 N–H and O–H groups in total. The van der Waals surface area contributed by atoms with Crippen molar-refractivity contribution in [1.29, 1.82) is 0 Å². The van der Waals surface area contributed by atoms with Gasteiger partial charge in [-0.15, -0.1) is 11.3 Å². The molecule has 2 aliphatic rings. The van der Waals surface area contributed by atoms with Gasteiger partial charge in [-0.25, -0.2) is 9.78 Å². The predicted octanol–water partition coefficient (Wildman–Crippen LogP) is 3.54. The molecule has 1 atom stereocenters. The Morgan fingerprint density at radius 3 is 2.44 bits per heavy atom. The van der Waals surface area contributed by atoms with Crippen molar-refractivity contribution < 1.29 is 37.7 Å². The topological polar surface area (TPSA) is 100.0 Å². The first kappa shape index (κ1) is 24.1. The van der Waals surface area contributed by atoms with E-state index < -0.39 is 24.0 Å². The molecule has 1 unspecified atom stereocenters. The second-order valence-electron chi connectivity index (χ2n) is 7.76. The van der Waals surface area contributed by atoms with Gasteiger partial charge in [-0.2, -0.15) is 13.2 Å². The summed E-state index contributed by atoms with van der Waals surface area (Å²) in [7, 11) is 0. The van der Waals surface area contributed by atoms with Crippen molar-refractivity contribution in [2.24, 2.45) is 5.92 Å². The molecule has 0 bridgehead atoms. The van der Waals surface area contributed by atoms with E-state index in [4.69, 9.17) is 14.6 Å². The molecule has 1 fully saturated rings. The van der Waals surface area contributed by atoms with E-state index in [1.165, 1.54) is 22.5 Å². The number of halogens is 3. The lowest BCUT2D eigenvalue weighted by molar-refractivity contribution is -0.192. The molecular formula is C21H23F3N2O5S. The summed E-state index contributed by atoms with van der Waals surface area (Å²) in [6.07, 6.45) is -2.74. The molecule has 1 spiro atoms. The molecular weight excluding hydrogens is 449 g/mol. The molecule has 2 aromatic rings. The second kappa shape index (κ2) is 9.97. The number of carboxylic acids is 2. The zero-order valence-corrected chi connectivity index (χ0v) is 17.9. The number of carboxylic acid groups (broad SMARTS) is 2. The highest BCUT2D eigenvalue weighted by Crippen LogP contribution is 2.44. The SMILES string of the molecule is O=C(O)C(Cc1cscn1)CN1CCC2(CC1)OCc1ccccc12.O=C(O)C(F)(F)F. The van der Waals surface area contributed by atoms with Gasteiger partial charge in [-0.3, -0.25) is 4.79 Å². The Morgan fingerprint density at radius 1 is 1.22 bits per heavy atom. The van der Waals surface area contributed by atoms with E-state index in [2.05, 4.69) is 34.1 Å². The molecule has 11 heteroatoms. The fraction of sp³-hybridized carbons (Fsp3) is 0.476. The molecule has 174 valence electrons. The van der Waals surface area contributed by atoms with Crippen molar-refractivity contribution in [1.82, 2.24) is 9.88 Å². The van der Waals surface area contributed by atoms with Crippen LogP contribution in [0.25, 0.3) is 0 Å². The van der Waals surface area contributed by atoms with Crippen LogP contribution in [0.1, 0.15) is 29.7 Å². The van der Waals surface area contributed by atoms with Crippen molar-refractivity contribution in [2.75, 3.05) is 19.6 Å². The monoisotopic (exact) mass is 472 g/mol. The van der Waals surface area contributed by atoms with Crippen LogP contribution in [0.5, 0.6) is 0 Å². The van der Waals surface area contributed by atoms with Gasteiger partial charge in [-0.05, 0) is 24.0 Å².